The van der Waals surface area contributed by atoms with E-state index in [0.29, 0.717) is 6.42 Å². The Labute approximate surface area is 160 Å². The van der Waals surface area contributed by atoms with Crippen molar-refractivity contribution in [1.29, 1.82) is 0 Å². The highest BCUT2D eigenvalue weighted by Crippen LogP contribution is 2.21. The molecular weight excluding hydrogens is 358 g/mol. The van der Waals surface area contributed by atoms with Gasteiger partial charge >= 0.3 is 0 Å². The number of thioether (sulfide) groups is 1. The highest BCUT2D eigenvalue weighted by atomic mass is 35.5. The minimum atomic E-state index is -0.160. The Hall–Kier alpha value is -1.24. The van der Waals surface area contributed by atoms with Gasteiger partial charge in [0, 0.05) is 43.2 Å². The predicted octanol–water partition coefficient (Wildman–Crippen LogP) is 2.53. The first-order valence-electron chi connectivity index (χ1n) is 8.29. The van der Waals surface area contributed by atoms with Gasteiger partial charge < -0.3 is 15.5 Å². The van der Waals surface area contributed by atoms with Gasteiger partial charge in [0.15, 0.2) is 0 Å². The van der Waals surface area contributed by atoms with Gasteiger partial charge in [0.2, 0.25) is 11.8 Å². The van der Waals surface area contributed by atoms with Crippen molar-refractivity contribution < 1.29 is 9.59 Å². The Morgan fingerprint density at radius 1 is 1.28 bits per heavy atom. The summed E-state index contributed by atoms with van der Waals surface area (Å²) in [6, 6.07) is 4.30. The lowest BCUT2D eigenvalue weighted by Gasteiger charge is -2.25. The molecular formula is C18H28ClN3O2S. The van der Waals surface area contributed by atoms with Gasteiger partial charge in [0.1, 0.15) is 0 Å². The lowest BCUT2D eigenvalue weighted by molar-refractivity contribution is -0.133. The molecule has 1 saturated heterocycles. The number of rotatable bonds is 5. The SMILES string of the molecule is Cc1cc(C)c(NC(=O)CN(C)C(=O)CC2CSCCN2)c(C)c1.Cl. The first-order valence-corrected chi connectivity index (χ1v) is 9.45. The number of nitrogens with one attached hydrogen (secondary N) is 2. The normalized spacial score (nSPS) is 16.7. The average molecular weight is 386 g/mol. The number of aryl methyl sites for hydroxylation is 3. The van der Waals surface area contributed by atoms with Gasteiger partial charge in [-0.15, -0.1) is 12.4 Å². The Balaban J connectivity index is 0.00000312. The smallest absolute Gasteiger partial charge is 0.243 e. The molecule has 1 atom stereocenters. The summed E-state index contributed by atoms with van der Waals surface area (Å²) in [6.07, 6.45) is 0.444. The Morgan fingerprint density at radius 3 is 2.48 bits per heavy atom. The minimum absolute atomic E-state index is 0. The van der Waals surface area contributed by atoms with Crippen LogP contribution in [0.1, 0.15) is 23.1 Å². The van der Waals surface area contributed by atoms with Gasteiger partial charge in [0.25, 0.3) is 0 Å². The molecule has 1 aliphatic heterocycles. The van der Waals surface area contributed by atoms with E-state index in [2.05, 4.69) is 10.6 Å². The second kappa shape index (κ2) is 10.0. The van der Waals surface area contributed by atoms with Gasteiger partial charge in [-0.3, -0.25) is 9.59 Å². The summed E-state index contributed by atoms with van der Waals surface area (Å²) in [7, 11) is 1.69. The molecule has 0 bridgehead atoms. The first kappa shape index (κ1) is 21.8. The van der Waals surface area contributed by atoms with E-state index in [1.165, 1.54) is 10.5 Å². The van der Waals surface area contributed by atoms with Crippen molar-refractivity contribution in [2.75, 3.05) is 37.0 Å². The van der Waals surface area contributed by atoms with Gasteiger partial charge in [0.05, 0.1) is 6.54 Å². The van der Waals surface area contributed by atoms with E-state index >= 15 is 0 Å². The van der Waals surface area contributed by atoms with Crippen molar-refractivity contribution >= 4 is 41.7 Å². The molecule has 25 heavy (non-hydrogen) atoms. The van der Waals surface area contributed by atoms with Gasteiger partial charge in [-0.2, -0.15) is 11.8 Å². The Kier molecular flexibility index (Phi) is 8.76. The third-order valence-corrected chi connectivity index (χ3v) is 5.30. The third kappa shape index (κ3) is 6.53. The van der Waals surface area contributed by atoms with Crippen molar-refractivity contribution in [3.63, 3.8) is 0 Å². The average Bonchev–Trinajstić information content (AvgIpc) is 2.51. The highest BCUT2D eigenvalue weighted by Gasteiger charge is 2.20. The van der Waals surface area contributed by atoms with Crippen LogP contribution < -0.4 is 10.6 Å². The summed E-state index contributed by atoms with van der Waals surface area (Å²) in [5.41, 5.74) is 4.10. The van der Waals surface area contributed by atoms with Crippen LogP contribution in [0, 0.1) is 20.8 Å². The van der Waals surface area contributed by atoms with E-state index in [9.17, 15) is 9.59 Å². The lowest BCUT2D eigenvalue weighted by Crippen LogP contribution is -2.43. The molecule has 5 nitrogen and oxygen atoms in total. The standard InChI is InChI=1S/C18H27N3O2S.ClH/c1-12-7-13(2)18(14(3)8-12)20-16(22)10-21(4)17(23)9-15-11-24-6-5-19-15;/h7-8,15,19H,5-6,9-11H2,1-4H3,(H,20,22);1H. The number of nitrogens with zero attached hydrogens (tertiary/aromatic N) is 1. The van der Waals surface area contributed by atoms with Gasteiger partial charge in [-0.1, -0.05) is 17.7 Å². The summed E-state index contributed by atoms with van der Waals surface area (Å²) in [6.45, 7) is 7.02. The minimum Gasteiger partial charge on any atom is -0.336 e. The molecule has 1 aromatic rings. The Morgan fingerprint density at radius 2 is 1.92 bits per heavy atom. The number of carbonyl (C=O) groups excluding carboxylic acids is 2. The molecule has 0 spiro atoms. The van der Waals surface area contributed by atoms with Crippen molar-refractivity contribution in [1.82, 2.24) is 10.2 Å². The van der Waals surface area contributed by atoms with E-state index in [4.69, 9.17) is 0 Å². The molecule has 2 amide bonds. The number of carbonyl (C=O) groups is 2. The quantitative estimate of drug-likeness (QED) is 0.817. The molecule has 0 aromatic heterocycles. The number of hydrogen-bond donors (Lipinski definition) is 2. The van der Waals surface area contributed by atoms with E-state index in [0.717, 1.165) is 34.9 Å². The van der Waals surface area contributed by atoms with Crippen molar-refractivity contribution in [3.8, 4) is 0 Å². The van der Waals surface area contributed by atoms with Crippen LogP contribution in [-0.2, 0) is 9.59 Å². The van der Waals surface area contributed by atoms with Crippen LogP contribution in [-0.4, -0.2) is 54.4 Å². The van der Waals surface area contributed by atoms with Crippen molar-refractivity contribution in [2.45, 2.75) is 33.2 Å². The van der Waals surface area contributed by atoms with Crippen LogP contribution in [0.25, 0.3) is 0 Å². The lowest BCUT2D eigenvalue weighted by atomic mass is 10.1. The molecule has 2 rings (SSSR count). The van der Waals surface area contributed by atoms with Crippen LogP contribution in [0.5, 0.6) is 0 Å². The summed E-state index contributed by atoms with van der Waals surface area (Å²) in [4.78, 5) is 26.1. The molecule has 0 aliphatic carbocycles. The summed E-state index contributed by atoms with van der Waals surface area (Å²) in [5.74, 6) is 1.89. The summed E-state index contributed by atoms with van der Waals surface area (Å²) < 4.78 is 0. The number of anilines is 1. The number of hydrogen-bond acceptors (Lipinski definition) is 4. The number of halogens is 1. The zero-order valence-corrected chi connectivity index (χ0v) is 17.0. The maximum Gasteiger partial charge on any atom is 0.243 e. The zero-order valence-electron chi connectivity index (χ0n) is 15.3. The van der Waals surface area contributed by atoms with Crippen LogP contribution >= 0.6 is 24.2 Å². The van der Waals surface area contributed by atoms with Gasteiger partial charge in [-0.25, -0.2) is 0 Å². The molecule has 1 aliphatic rings. The maximum atomic E-state index is 12.3. The largest absolute Gasteiger partial charge is 0.336 e. The molecule has 2 N–H and O–H groups in total. The molecule has 1 fully saturated rings. The zero-order chi connectivity index (χ0) is 17.7. The summed E-state index contributed by atoms with van der Waals surface area (Å²) >= 11 is 1.86. The molecule has 140 valence electrons. The fourth-order valence-electron chi connectivity index (χ4n) is 2.98. The van der Waals surface area contributed by atoms with E-state index < -0.39 is 0 Å². The summed E-state index contributed by atoms with van der Waals surface area (Å²) in [5, 5.41) is 6.29. The number of benzene rings is 1. The molecule has 1 unspecified atom stereocenters. The van der Waals surface area contributed by atoms with Crippen LogP contribution in [0.2, 0.25) is 0 Å². The molecule has 0 saturated carbocycles. The predicted molar refractivity (Wildman–Crippen MR) is 108 cm³/mol. The second-order valence-electron chi connectivity index (χ2n) is 6.50. The highest BCUT2D eigenvalue weighted by molar-refractivity contribution is 7.99. The number of likely N-dealkylation sites (N-methyl/N-ethyl adjacent to an activating group) is 1. The van der Waals surface area contributed by atoms with E-state index in [-0.39, 0.29) is 36.8 Å². The van der Waals surface area contributed by atoms with Crippen LogP contribution in [0.3, 0.4) is 0 Å². The second-order valence-corrected chi connectivity index (χ2v) is 7.65. The molecule has 1 aromatic carbocycles. The third-order valence-electron chi connectivity index (χ3n) is 4.17. The van der Waals surface area contributed by atoms with Gasteiger partial charge in [-0.05, 0) is 31.9 Å². The van der Waals surface area contributed by atoms with Crippen molar-refractivity contribution in [3.05, 3.63) is 28.8 Å². The molecule has 1 heterocycles. The topological polar surface area (TPSA) is 61.4 Å². The van der Waals surface area contributed by atoms with Crippen molar-refractivity contribution in [2.24, 2.45) is 0 Å². The van der Waals surface area contributed by atoms with E-state index in [1.54, 1.807) is 7.05 Å². The van der Waals surface area contributed by atoms with Crippen LogP contribution in [0.4, 0.5) is 5.69 Å². The Bertz CT molecular complexity index is 595. The first-order chi connectivity index (χ1) is 11.4. The maximum absolute atomic E-state index is 12.3. The van der Waals surface area contributed by atoms with Crippen LogP contribution in [0.15, 0.2) is 12.1 Å². The number of amides is 2. The monoisotopic (exact) mass is 385 g/mol. The molecule has 7 heteroatoms. The molecule has 0 radical (unpaired) electrons. The fraction of sp³-hybridized carbons (Fsp3) is 0.556. The fourth-order valence-corrected chi connectivity index (χ4v) is 3.93. The van der Waals surface area contributed by atoms with E-state index in [1.807, 2.05) is 44.7 Å².